The van der Waals surface area contributed by atoms with Crippen LogP contribution in [-0.2, 0) is 14.8 Å². The molecule has 0 bridgehead atoms. The van der Waals surface area contributed by atoms with Gasteiger partial charge in [0.2, 0.25) is 10.0 Å². The summed E-state index contributed by atoms with van der Waals surface area (Å²) >= 11 is 2.98. The van der Waals surface area contributed by atoms with Crippen molar-refractivity contribution in [3.8, 4) is 0 Å². The Morgan fingerprint density at radius 1 is 1.42 bits per heavy atom. The Kier molecular flexibility index (Phi) is 4.94. The summed E-state index contributed by atoms with van der Waals surface area (Å²) < 4.78 is 44.9. The second-order valence-corrected chi connectivity index (χ2v) is 7.11. The summed E-state index contributed by atoms with van der Waals surface area (Å²) in [7, 11) is -3.68. The Balaban J connectivity index is 1.84. The number of halogens is 2. The molecule has 19 heavy (non-hydrogen) atoms. The first-order valence-electron chi connectivity index (χ1n) is 6.01. The Hall–Kier alpha value is -0.500. The molecule has 1 aliphatic rings. The predicted molar refractivity (Wildman–Crippen MR) is 72.8 cm³/mol. The molecule has 2 rings (SSSR count). The molecule has 0 spiro atoms. The predicted octanol–water partition coefficient (Wildman–Crippen LogP) is 2.29. The van der Waals surface area contributed by atoms with Crippen molar-refractivity contribution >= 4 is 26.0 Å². The minimum absolute atomic E-state index is 0.0876. The lowest BCUT2D eigenvalue weighted by Gasteiger charge is -2.07. The maximum atomic E-state index is 13.3. The van der Waals surface area contributed by atoms with Crippen LogP contribution in [0.1, 0.15) is 12.8 Å². The molecule has 1 N–H and O–H groups in total. The average Bonchev–Trinajstić information content (AvgIpc) is 3.16. The SMILES string of the molecule is O=S(=O)(NCCOCC1CC1)c1ccc(Br)c(F)c1. The molecule has 0 atom stereocenters. The van der Waals surface area contributed by atoms with Crippen LogP contribution >= 0.6 is 15.9 Å². The molecule has 1 aromatic rings. The molecule has 106 valence electrons. The van der Waals surface area contributed by atoms with E-state index < -0.39 is 15.8 Å². The minimum atomic E-state index is -3.68. The number of hydrogen-bond acceptors (Lipinski definition) is 3. The van der Waals surface area contributed by atoms with E-state index in [9.17, 15) is 12.8 Å². The summed E-state index contributed by atoms with van der Waals surface area (Å²) in [6.07, 6.45) is 2.40. The molecule has 0 unspecified atom stereocenters. The zero-order valence-electron chi connectivity index (χ0n) is 10.2. The highest BCUT2D eigenvalue weighted by Crippen LogP contribution is 2.28. The molecule has 0 radical (unpaired) electrons. The molecule has 0 saturated heterocycles. The Labute approximate surface area is 120 Å². The molecule has 0 aromatic heterocycles. The third-order valence-electron chi connectivity index (χ3n) is 2.79. The van der Waals surface area contributed by atoms with E-state index in [-0.39, 0.29) is 15.9 Å². The summed E-state index contributed by atoms with van der Waals surface area (Å²) in [5, 5.41) is 0. The van der Waals surface area contributed by atoms with Gasteiger partial charge in [-0.3, -0.25) is 0 Å². The summed E-state index contributed by atoms with van der Waals surface area (Å²) in [5.74, 6) is 0.0463. The number of sulfonamides is 1. The number of hydrogen-bond donors (Lipinski definition) is 1. The van der Waals surface area contributed by atoms with Crippen LogP contribution in [-0.4, -0.2) is 28.2 Å². The van der Waals surface area contributed by atoms with E-state index in [1.807, 2.05) is 0 Å². The van der Waals surface area contributed by atoms with Gasteiger partial charge in [-0.25, -0.2) is 17.5 Å². The zero-order valence-corrected chi connectivity index (χ0v) is 12.6. The maximum Gasteiger partial charge on any atom is 0.240 e. The van der Waals surface area contributed by atoms with Crippen LogP contribution < -0.4 is 4.72 Å². The van der Waals surface area contributed by atoms with Crippen molar-refractivity contribution in [2.45, 2.75) is 17.7 Å². The van der Waals surface area contributed by atoms with Gasteiger partial charge in [-0.15, -0.1) is 0 Å². The fourth-order valence-electron chi connectivity index (χ4n) is 1.51. The van der Waals surface area contributed by atoms with E-state index in [0.29, 0.717) is 19.1 Å². The molecule has 0 heterocycles. The summed E-state index contributed by atoms with van der Waals surface area (Å²) in [5.41, 5.74) is 0. The lowest BCUT2D eigenvalue weighted by molar-refractivity contribution is 0.129. The van der Waals surface area contributed by atoms with E-state index in [2.05, 4.69) is 20.7 Å². The van der Waals surface area contributed by atoms with E-state index in [1.54, 1.807) is 0 Å². The molecular weight excluding hydrogens is 337 g/mol. The lowest BCUT2D eigenvalue weighted by atomic mass is 10.3. The van der Waals surface area contributed by atoms with Gasteiger partial charge in [0, 0.05) is 13.2 Å². The highest BCUT2D eigenvalue weighted by atomic mass is 79.9. The van der Waals surface area contributed by atoms with Gasteiger partial charge in [0.1, 0.15) is 5.82 Å². The van der Waals surface area contributed by atoms with E-state index in [0.717, 1.165) is 6.07 Å². The zero-order chi connectivity index (χ0) is 13.9. The topological polar surface area (TPSA) is 55.4 Å². The van der Waals surface area contributed by atoms with Crippen molar-refractivity contribution in [1.29, 1.82) is 0 Å². The molecule has 4 nitrogen and oxygen atoms in total. The monoisotopic (exact) mass is 351 g/mol. The van der Waals surface area contributed by atoms with Crippen molar-refractivity contribution in [3.05, 3.63) is 28.5 Å². The van der Waals surface area contributed by atoms with Crippen molar-refractivity contribution in [2.75, 3.05) is 19.8 Å². The van der Waals surface area contributed by atoms with E-state index in [4.69, 9.17) is 4.74 Å². The second-order valence-electron chi connectivity index (χ2n) is 4.49. The van der Waals surface area contributed by atoms with Gasteiger partial charge < -0.3 is 4.74 Å². The van der Waals surface area contributed by atoms with Crippen LogP contribution in [0, 0.1) is 11.7 Å². The van der Waals surface area contributed by atoms with Crippen LogP contribution in [0.4, 0.5) is 4.39 Å². The highest BCUT2D eigenvalue weighted by Gasteiger charge is 2.21. The van der Waals surface area contributed by atoms with Crippen molar-refractivity contribution in [2.24, 2.45) is 5.92 Å². The van der Waals surface area contributed by atoms with Gasteiger partial charge in [-0.1, -0.05) is 0 Å². The third kappa shape index (κ3) is 4.52. The van der Waals surface area contributed by atoms with Gasteiger partial charge in [-0.2, -0.15) is 0 Å². The summed E-state index contributed by atoms with van der Waals surface area (Å²) in [4.78, 5) is -0.0876. The standard InChI is InChI=1S/C12H15BrFNO3S/c13-11-4-3-10(7-12(11)14)19(16,17)15-5-6-18-8-9-1-2-9/h3-4,7,9,15H,1-2,5-6,8H2. The van der Waals surface area contributed by atoms with Crippen LogP contribution in [0.2, 0.25) is 0 Å². The first kappa shape index (κ1) is 14.9. The molecule has 1 aliphatic carbocycles. The Morgan fingerprint density at radius 2 is 2.16 bits per heavy atom. The van der Waals surface area contributed by atoms with Crippen molar-refractivity contribution in [3.63, 3.8) is 0 Å². The van der Waals surface area contributed by atoms with Gasteiger partial charge >= 0.3 is 0 Å². The number of nitrogens with one attached hydrogen (secondary N) is 1. The largest absolute Gasteiger partial charge is 0.380 e. The van der Waals surface area contributed by atoms with Gasteiger partial charge in [-0.05, 0) is 52.9 Å². The highest BCUT2D eigenvalue weighted by molar-refractivity contribution is 9.10. The van der Waals surface area contributed by atoms with Crippen LogP contribution in [0.3, 0.4) is 0 Å². The number of rotatable bonds is 7. The van der Waals surface area contributed by atoms with Gasteiger partial charge in [0.25, 0.3) is 0 Å². The fraction of sp³-hybridized carbons (Fsp3) is 0.500. The number of benzene rings is 1. The Morgan fingerprint density at radius 3 is 2.79 bits per heavy atom. The van der Waals surface area contributed by atoms with Crippen molar-refractivity contribution in [1.82, 2.24) is 4.72 Å². The third-order valence-corrected chi connectivity index (χ3v) is 4.89. The molecule has 1 aromatic carbocycles. The van der Waals surface area contributed by atoms with Gasteiger partial charge in [0.15, 0.2) is 0 Å². The van der Waals surface area contributed by atoms with Crippen LogP contribution in [0.15, 0.2) is 27.6 Å². The van der Waals surface area contributed by atoms with Crippen LogP contribution in [0.5, 0.6) is 0 Å². The summed E-state index contributed by atoms with van der Waals surface area (Å²) in [6, 6.07) is 3.70. The maximum absolute atomic E-state index is 13.3. The first-order chi connectivity index (χ1) is 8.99. The van der Waals surface area contributed by atoms with Crippen molar-refractivity contribution < 1.29 is 17.5 Å². The van der Waals surface area contributed by atoms with E-state index >= 15 is 0 Å². The molecule has 1 saturated carbocycles. The smallest absolute Gasteiger partial charge is 0.240 e. The fourth-order valence-corrected chi connectivity index (χ4v) is 2.78. The summed E-state index contributed by atoms with van der Waals surface area (Å²) in [6.45, 7) is 1.20. The second kappa shape index (κ2) is 6.30. The molecular formula is C12H15BrFNO3S. The van der Waals surface area contributed by atoms with Crippen LogP contribution in [0.25, 0.3) is 0 Å². The lowest BCUT2D eigenvalue weighted by Crippen LogP contribution is -2.27. The Bertz CT molecular complexity index is 546. The molecule has 0 amide bonds. The average molecular weight is 352 g/mol. The minimum Gasteiger partial charge on any atom is -0.380 e. The normalized spacial score (nSPS) is 15.7. The quantitative estimate of drug-likeness (QED) is 0.766. The molecule has 0 aliphatic heterocycles. The number of ether oxygens (including phenoxy) is 1. The van der Waals surface area contributed by atoms with Gasteiger partial charge in [0.05, 0.1) is 16.0 Å². The molecule has 7 heteroatoms. The van der Waals surface area contributed by atoms with E-state index in [1.165, 1.54) is 25.0 Å². The molecule has 1 fully saturated rings. The first-order valence-corrected chi connectivity index (χ1v) is 8.29.